The molecule has 8 heteroatoms. The van der Waals surface area contributed by atoms with Gasteiger partial charge in [0, 0.05) is 28.3 Å². The number of thiophene rings is 1. The fourth-order valence-corrected chi connectivity index (χ4v) is 3.29. The molecule has 2 aromatic heterocycles. The molecule has 7 nitrogen and oxygen atoms in total. The van der Waals surface area contributed by atoms with Crippen molar-refractivity contribution in [2.24, 2.45) is 0 Å². The summed E-state index contributed by atoms with van der Waals surface area (Å²) in [4.78, 5) is 27.3. The van der Waals surface area contributed by atoms with E-state index >= 15 is 0 Å². The van der Waals surface area contributed by atoms with Crippen molar-refractivity contribution in [3.05, 3.63) is 81.7 Å². The maximum atomic E-state index is 12.0. The smallest absolute Gasteiger partial charge is 0.324 e. The second-order valence-electron chi connectivity index (χ2n) is 5.82. The number of carbonyl (C=O) groups excluding carboxylic acids is 1. The maximum absolute atomic E-state index is 12.0. The van der Waals surface area contributed by atoms with E-state index in [2.05, 4.69) is 10.3 Å². The number of fused-ring (bicyclic) bond motifs is 1. The monoisotopic (exact) mass is 391 g/mol. The van der Waals surface area contributed by atoms with Crippen LogP contribution in [-0.2, 0) is 4.79 Å². The van der Waals surface area contributed by atoms with Crippen molar-refractivity contribution in [3.63, 3.8) is 0 Å². The molecule has 0 aliphatic heterocycles. The van der Waals surface area contributed by atoms with Crippen LogP contribution in [0.4, 0.5) is 10.7 Å². The average molecular weight is 391 g/mol. The van der Waals surface area contributed by atoms with Crippen LogP contribution in [0.25, 0.3) is 28.6 Å². The van der Waals surface area contributed by atoms with Gasteiger partial charge in [0.05, 0.1) is 4.92 Å². The molecule has 0 saturated carbocycles. The molecule has 4 aromatic rings. The van der Waals surface area contributed by atoms with Gasteiger partial charge in [-0.05, 0) is 48.5 Å². The van der Waals surface area contributed by atoms with Crippen molar-refractivity contribution in [2.45, 2.75) is 0 Å². The average Bonchev–Trinajstić information content (AvgIpc) is 3.34. The van der Waals surface area contributed by atoms with Crippen molar-refractivity contribution in [1.82, 2.24) is 4.98 Å². The number of hydrogen-bond donors (Lipinski definition) is 1. The number of carbonyl (C=O) groups is 1. The van der Waals surface area contributed by atoms with E-state index in [-0.39, 0.29) is 10.9 Å². The van der Waals surface area contributed by atoms with Gasteiger partial charge in [-0.2, -0.15) is 0 Å². The Hall–Kier alpha value is -3.78. The van der Waals surface area contributed by atoms with Crippen LogP contribution in [-0.4, -0.2) is 15.8 Å². The van der Waals surface area contributed by atoms with Crippen LogP contribution in [0.15, 0.2) is 71.2 Å². The van der Waals surface area contributed by atoms with Crippen LogP contribution in [0.3, 0.4) is 0 Å². The Morgan fingerprint density at radius 2 is 1.89 bits per heavy atom. The fourth-order valence-electron chi connectivity index (χ4n) is 2.56. The third-order valence-corrected chi connectivity index (χ3v) is 4.89. The SMILES string of the molecule is O=C(/C=C/c1ccc([N+](=O)[O-])s1)Nc1ccc(-c2nc3ccccc3o2)cc1. The molecule has 4 rings (SSSR count). The third kappa shape index (κ3) is 3.81. The van der Waals surface area contributed by atoms with Gasteiger partial charge in [-0.15, -0.1) is 0 Å². The highest BCUT2D eigenvalue weighted by Gasteiger charge is 2.09. The summed E-state index contributed by atoms with van der Waals surface area (Å²) < 4.78 is 5.72. The quantitative estimate of drug-likeness (QED) is 0.289. The lowest BCUT2D eigenvalue weighted by atomic mass is 10.2. The predicted molar refractivity (Wildman–Crippen MR) is 108 cm³/mol. The zero-order valence-corrected chi connectivity index (χ0v) is 15.2. The van der Waals surface area contributed by atoms with Crippen LogP contribution in [0.2, 0.25) is 0 Å². The van der Waals surface area contributed by atoms with E-state index in [1.54, 1.807) is 24.3 Å². The van der Waals surface area contributed by atoms with Crippen LogP contribution < -0.4 is 5.32 Å². The topological polar surface area (TPSA) is 98.3 Å². The highest BCUT2D eigenvalue weighted by Crippen LogP contribution is 2.26. The van der Waals surface area contributed by atoms with Gasteiger partial charge in [-0.1, -0.05) is 23.5 Å². The first-order valence-electron chi connectivity index (χ1n) is 8.28. The lowest BCUT2D eigenvalue weighted by Crippen LogP contribution is -2.07. The number of aromatic nitrogens is 1. The second-order valence-corrected chi connectivity index (χ2v) is 6.91. The highest BCUT2D eigenvalue weighted by atomic mass is 32.1. The van der Waals surface area contributed by atoms with E-state index in [0.717, 1.165) is 22.4 Å². The molecular weight excluding hydrogens is 378 g/mol. The Labute approximate surface area is 163 Å². The molecule has 2 aromatic carbocycles. The number of oxazole rings is 1. The molecule has 0 atom stereocenters. The molecule has 0 radical (unpaired) electrons. The Morgan fingerprint density at radius 3 is 2.61 bits per heavy atom. The summed E-state index contributed by atoms with van der Waals surface area (Å²) in [5.74, 6) is 0.184. The Kier molecular flexibility index (Phi) is 4.69. The predicted octanol–water partition coefficient (Wildman–Crippen LogP) is 5.12. The van der Waals surface area contributed by atoms with Crippen LogP contribution in [0.1, 0.15) is 4.88 Å². The van der Waals surface area contributed by atoms with Crippen molar-refractivity contribution in [3.8, 4) is 11.5 Å². The zero-order valence-electron chi connectivity index (χ0n) is 14.4. The minimum absolute atomic E-state index is 0.0369. The van der Waals surface area contributed by atoms with E-state index in [9.17, 15) is 14.9 Å². The van der Waals surface area contributed by atoms with Gasteiger partial charge in [0.25, 0.3) is 0 Å². The molecule has 0 fully saturated rings. The van der Waals surface area contributed by atoms with E-state index in [1.807, 2.05) is 36.4 Å². The lowest BCUT2D eigenvalue weighted by molar-refractivity contribution is -0.380. The normalized spacial score (nSPS) is 11.1. The lowest BCUT2D eigenvalue weighted by Gasteiger charge is -2.02. The number of anilines is 1. The number of rotatable bonds is 5. The number of amides is 1. The van der Waals surface area contributed by atoms with Gasteiger partial charge in [0.2, 0.25) is 11.8 Å². The van der Waals surface area contributed by atoms with E-state index < -0.39 is 4.92 Å². The number of nitrogens with zero attached hydrogens (tertiary/aromatic N) is 2. The Balaban J connectivity index is 1.42. The Bertz CT molecular complexity index is 1160. The second kappa shape index (κ2) is 7.45. The molecule has 0 unspecified atom stereocenters. The molecule has 0 aliphatic carbocycles. The zero-order chi connectivity index (χ0) is 19.5. The fraction of sp³-hybridized carbons (Fsp3) is 0. The molecule has 1 N–H and O–H groups in total. The molecule has 138 valence electrons. The summed E-state index contributed by atoms with van der Waals surface area (Å²) in [5, 5.41) is 13.5. The molecule has 28 heavy (non-hydrogen) atoms. The minimum atomic E-state index is -0.458. The number of hydrogen-bond acceptors (Lipinski definition) is 6. The third-order valence-electron chi connectivity index (χ3n) is 3.88. The van der Waals surface area contributed by atoms with E-state index in [0.29, 0.717) is 22.0 Å². The largest absolute Gasteiger partial charge is 0.436 e. The number of nitro groups is 1. The van der Waals surface area contributed by atoms with E-state index in [4.69, 9.17) is 4.42 Å². The van der Waals surface area contributed by atoms with Gasteiger partial charge in [0.1, 0.15) is 5.52 Å². The highest BCUT2D eigenvalue weighted by molar-refractivity contribution is 7.16. The van der Waals surface area contributed by atoms with Gasteiger partial charge in [-0.25, -0.2) is 4.98 Å². The molecule has 0 bridgehead atoms. The van der Waals surface area contributed by atoms with Gasteiger partial charge in [0.15, 0.2) is 5.58 Å². The van der Waals surface area contributed by atoms with Crippen LogP contribution >= 0.6 is 11.3 Å². The van der Waals surface area contributed by atoms with Gasteiger partial charge < -0.3 is 9.73 Å². The molecular formula is C20H13N3O4S. The molecule has 0 aliphatic rings. The standard InChI is InChI=1S/C20H13N3O4S/c24-18(11-9-15-10-12-19(28-15)23(25)26)21-14-7-5-13(6-8-14)20-22-16-3-1-2-4-17(16)27-20/h1-12H,(H,21,24)/b11-9+. The van der Waals surface area contributed by atoms with Gasteiger partial charge >= 0.3 is 5.00 Å². The van der Waals surface area contributed by atoms with Crippen molar-refractivity contribution >= 4 is 45.1 Å². The Morgan fingerprint density at radius 1 is 1.11 bits per heavy atom. The first-order valence-corrected chi connectivity index (χ1v) is 9.09. The van der Waals surface area contributed by atoms with Crippen molar-refractivity contribution in [2.75, 3.05) is 5.32 Å². The molecule has 0 spiro atoms. The molecule has 2 heterocycles. The number of benzene rings is 2. The van der Waals surface area contributed by atoms with E-state index in [1.165, 1.54) is 12.1 Å². The van der Waals surface area contributed by atoms with Crippen LogP contribution in [0, 0.1) is 10.1 Å². The first-order chi connectivity index (χ1) is 13.6. The molecule has 1 amide bonds. The summed E-state index contributed by atoms with van der Waals surface area (Å²) in [6, 6.07) is 17.7. The van der Waals surface area contributed by atoms with Gasteiger partial charge in [-0.3, -0.25) is 14.9 Å². The van der Waals surface area contributed by atoms with Crippen LogP contribution in [0.5, 0.6) is 0 Å². The maximum Gasteiger partial charge on any atom is 0.324 e. The number of nitrogens with one attached hydrogen (secondary N) is 1. The number of para-hydroxylation sites is 2. The summed E-state index contributed by atoms with van der Waals surface area (Å²) in [5.41, 5.74) is 2.92. The van der Waals surface area contributed by atoms with Crippen molar-refractivity contribution in [1.29, 1.82) is 0 Å². The summed E-state index contributed by atoms with van der Waals surface area (Å²) in [6.07, 6.45) is 2.88. The summed E-state index contributed by atoms with van der Waals surface area (Å²) in [7, 11) is 0. The minimum Gasteiger partial charge on any atom is -0.436 e. The molecule has 0 saturated heterocycles. The summed E-state index contributed by atoms with van der Waals surface area (Å²) in [6.45, 7) is 0. The first kappa shape index (κ1) is 17.6. The summed E-state index contributed by atoms with van der Waals surface area (Å²) >= 11 is 1.01. The van der Waals surface area contributed by atoms with Crippen molar-refractivity contribution < 1.29 is 14.1 Å².